The van der Waals surface area contributed by atoms with Gasteiger partial charge in [0.25, 0.3) is 5.69 Å². The summed E-state index contributed by atoms with van der Waals surface area (Å²) >= 11 is 1.59. The van der Waals surface area contributed by atoms with Crippen LogP contribution in [0.5, 0.6) is 0 Å². The van der Waals surface area contributed by atoms with E-state index in [2.05, 4.69) is 10.3 Å². The fraction of sp³-hybridized carbons (Fsp3) is 0.250. The third-order valence-corrected chi connectivity index (χ3v) is 3.30. The van der Waals surface area contributed by atoms with E-state index >= 15 is 0 Å². The molecule has 0 saturated heterocycles. The summed E-state index contributed by atoms with van der Waals surface area (Å²) in [6, 6.07) is 6.45. The lowest BCUT2D eigenvalue weighted by molar-refractivity contribution is -0.384. The Kier molecular flexibility index (Phi) is 4.01. The highest BCUT2D eigenvalue weighted by Crippen LogP contribution is 2.24. The molecule has 0 aliphatic carbocycles. The van der Waals surface area contributed by atoms with E-state index in [9.17, 15) is 10.1 Å². The Bertz CT molecular complexity index is 537. The molecule has 94 valence electrons. The molecule has 0 atom stereocenters. The first-order valence-electron chi connectivity index (χ1n) is 5.60. The van der Waals surface area contributed by atoms with Crippen molar-refractivity contribution in [2.75, 3.05) is 6.54 Å². The maximum atomic E-state index is 10.6. The van der Waals surface area contributed by atoms with Gasteiger partial charge in [-0.1, -0.05) is 6.92 Å². The van der Waals surface area contributed by atoms with Gasteiger partial charge in [0.15, 0.2) is 0 Å². The highest BCUT2D eigenvalue weighted by atomic mass is 32.1. The zero-order valence-corrected chi connectivity index (χ0v) is 10.7. The Hall–Kier alpha value is -1.79. The van der Waals surface area contributed by atoms with Gasteiger partial charge in [-0.3, -0.25) is 10.1 Å². The average molecular weight is 263 g/mol. The monoisotopic (exact) mass is 263 g/mol. The van der Waals surface area contributed by atoms with Gasteiger partial charge < -0.3 is 5.32 Å². The van der Waals surface area contributed by atoms with Crippen molar-refractivity contribution in [3.05, 3.63) is 44.8 Å². The van der Waals surface area contributed by atoms with Crippen molar-refractivity contribution < 1.29 is 4.92 Å². The molecule has 5 nitrogen and oxygen atoms in total. The van der Waals surface area contributed by atoms with E-state index in [0.717, 1.165) is 29.4 Å². The number of rotatable bonds is 5. The Morgan fingerprint density at radius 2 is 2.11 bits per heavy atom. The molecule has 0 unspecified atom stereocenters. The Morgan fingerprint density at radius 1 is 1.39 bits per heavy atom. The van der Waals surface area contributed by atoms with Crippen LogP contribution in [0.15, 0.2) is 29.6 Å². The summed E-state index contributed by atoms with van der Waals surface area (Å²) in [5, 5.41) is 16.8. The molecule has 1 aromatic heterocycles. The van der Waals surface area contributed by atoms with Crippen LogP contribution < -0.4 is 5.32 Å². The maximum absolute atomic E-state index is 10.6. The molecular weight excluding hydrogens is 250 g/mol. The fourth-order valence-electron chi connectivity index (χ4n) is 1.51. The molecule has 6 heteroatoms. The minimum absolute atomic E-state index is 0.0989. The van der Waals surface area contributed by atoms with Gasteiger partial charge in [-0.05, 0) is 18.7 Å². The van der Waals surface area contributed by atoms with Crippen molar-refractivity contribution in [1.82, 2.24) is 10.3 Å². The van der Waals surface area contributed by atoms with Crippen molar-refractivity contribution in [2.45, 2.75) is 13.5 Å². The van der Waals surface area contributed by atoms with Crippen LogP contribution in [0.1, 0.15) is 11.9 Å². The topological polar surface area (TPSA) is 68.1 Å². The number of hydrogen-bond acceptors (Lipinski definition) is 5. The molecule has 18 heavy (non-hydrogen) atoms. The summed E-state index contributed by atoms with van der Waals surface area (Å²) in [5.41, 5.74) is 1.87. The van der Waals surface area contributed by atoms with Crippen LogP contribution in [0, 0.1) is 10.1 Å². The van der Waals surface area contributed by atoms with Crippen molar-refractivity contribution in [3.8, 4) is 11.3 Å². The third-order valence-electron chi connectivity index (χ3n) is 2.45. The highest BCUT2D eigenvalue weighted by Gasteiger charge is 2.07. The zero-order chi connectivity index (χ0) is 13.0. The van der Waals surface area contributed by atoms with Crippen molar-refractivity contribution >= 4 is 17.0 Å². The normalized spacial score (nSPS) is 10.5. The fourth-order valence-corrected chi connectivity index (χ4v) is 2.28. The molecule has 0 radical (unpaired) electrons. The smallest absolute Gasteiger partial charge is 0.269 e. The molecule has 0 saturated carbocycles. The Morgan fingerprint density at radius 3 is 2.72 bits per heavy atom. The number of nitro benzene ring substituents is 1. The molecule has 2 aromatic rings. The minimum atomic E-state index is -0.401. The van der Waals surface area contributed by atoms with Crippen molar-refractivity contribution in [1.29, 1.82) is 0 Å². The molecule has 1 heterocycles. The minimum Gasteiger partial charge on any atom is -0.311 e. The van der Waals surface area contributed by atoms with E-state index in [0.29, 0.717) is 0 Å². The molecule has 2 rings (SSSR count). The van der Waals surface area contributed by atoms with Crippen LogP contribution in [-0.4, -0.2) is 16.5 Å². The lowest BCUT2D eigenvalue weighted by Gasteiger charge is -1.97. The number of non-ortho nitro benzene ring substituents is 1. The largest absolute Gasteiger partial charge is 0.311 e. The number of benzene rings is 1. The summed E-state index contributed by atoms with van der Waals surface area (Å²) in [6.07, 6.45) is 0. The second-order valence-corrected chi connectivity index (χ2v) is 4.65. The second-order valence-electron chi connectivity index (χ2n) is 3.71. The first kappa shape index (κ1) is 12.7. The number of aromatic nitrogens is 1. The summed E-state index contributed by atoms with van der Waals surface area (Å²) in [4.78, 5) is 14.6. The third kappa shape index (κ3) is 2.91. The van der Waals surface area contributed by atoms with Gasteiger partial charge in [0, 0.05) is 29.6 Å². The van der Waals surface area contributed by atoms with E-state index in [4.69, 9.17) is 0 Å². The molecule has 1 aromatic carbocycles. The van der Waals surface area contributed by atoms with E-state index in [1.54, 1.807) is 23.5 Å². The second kappa shape index (κ2) is 5.70. The molecule has 0 aliphatic heterocycles. The predicted molar refractivity (Wildman–Crippen MR) is 71.6 cm³/mol. The summed E-state index contributed by atoms with van der Waals surface area (Å²) < 4.78 is 0. The first-order valence-corrected chi connectivity index (χ1v) is 6.48. The summed E-state index contributed by atoms with van der Waals surface area (Å²) in [7, 11) is 0. The molecule has 0 amide bonds. The van der Waals surface area contributed by atoms with Gasteiger partial charge in [-0.25, -0.2) is 4.98 Å². The number of hydrogen-bond donors (Lipinski definition) is 1. The van der Waals surface area contributed by atoms with E-state index in [1.165, 1.54) is 12.1 Å². The SMILES string of the molecule is CCNCc1nc(-c2ccc([N+](=O)[O-])cc2)cs1. The maximum Gasteiger partial charge on any atom is 0.269 e. The summed E-state index contributed by atoms with van der Waals surface area (Å²) in [6.45, 7) is 3.71. The van der Waals surface area contributed by atoms with Crippen LogP contribution in [0.3, 0.4) is 0 Å². The predicted octanol–water partition coefficient (Wildman–Crippen LogP) is 2.83. The molecule has 1 N–H and O–H groups in total. The molecule has 0 aliphatic rings. The van der Waals surface area contributed by atoms with E-state index in [1.807, 2.05) is 12.3 Å². The van der Waals surface area contributed by atoms with Gasteiger partial charge in [0.2, 0.25) is 0 Å². The lowest BCUT2D eigenvalue weighted by Crippen LogP contribution is -2.11. The Balaban J connectivity index is 2.15. The highest BCUT2D eigenvalue weighted by molar-refractivity contribution is 7.09. The quantitative estimate of drug-likeness (QED) is 0.665. The van der Waals surface area contributed by atoms with Crippen LogP contribution in [0.2, 0.25) is 0 Å². The number of nitrogens with one attached hydrogen (secondary N) is 1. The van der Waals surface area contributed by atoms with Crippen LogP contribution in [0.25, 0.3) is 11.3 Å². The lowest BCUT2D eigenvalue weighted by atomic mass is 10.1. The van der Waals surface area contributed by atoms with Gasteiger partial charge in [0.05, 0.1) is 10.6 Å². The first-order chi connectivity index (χ1) is 8.70. The number of thiazole rings is 1. The molecular formula is C12H13N3O2S. The van der Waals surface area contributed by atoms with E-state index in [-0.39, 0.29) is 5.69 Å². The van der Waals surface area contributed by atoms with Crippen LogP contribution in [-0.2, 0) is 6.54 Å². The Labute approximate surface area is 109 Å². The summed E-state index contributed by atoms with van der Waals surface area (Å²) in [5.74, 6) is 0. The molecule has 0 bridgehead atoms. The number of nitrogens with zero attached hydrogens (tertiary/aromatic N) is 2. The van der Waals surface area contributed by atoms with E-state index < -0.39 is 4.92 Å². The average Bonchev–Trinajstić information content (AvgIpc) is 2.85. The molecule has 0 spiro atoms. The standard InChI is InChI=1S/C12H13N3O2S/c1-2-13-7-12-14-11(8-18-12)9-3-5-10(6-4-9)15(16)17/h3-6,8,13H,2,7H2,1H3. The van der Waals surface area contributed by atoms with Crippen LogP contribution >= 0.6 is 11.3 Å². The van der Waals surface area contributed by atoms with Crippen LogP contribution in [0.4, 0.5) is 5.69 Å². The van der Waals surface area contributed by atoms with Crippen molar-refractivity contribution in [2.24, 2.45) is 0 Å². The zero-order valence-electron chi connectivity index (χ0n) is 9.92. The van der Waals surface area contributed by atoms with Gasteiger partial charge in [0.1, 0.15) is 5.01 Å². The van der Waals surface area contributed by atoms with Gasteiger partial charge >= 0.3 is 0 Å². The van der Waals surface area contributed by atoms with Gasteiger partial charge in [-0.15, -0.1) is 11.3 Å². The molecule has 0 fully saturated rings. The van der Waals surface area contributed by atoms with Crippen molar-refractivity contribution in [3.63, 3.8) is 0 Å². The number of nitro groups is 1. The van der Waals surface area contributed by atoms with Gasteiger partial charge in [-0.2, -0.15) is 0 Å².